The predicted octanol–water partition coefficient (Wildman–Crippen LogP) is 1.52. The molecule has 0 aromatic rings. The summed E-state index contributed by atoms with van der Waals surface area (Å²) in [5.41, 5.74) is 0.227. The van der Waals surface area contributed by atoms with Gasteiger partial charge in [-0.25, -0.2) is 0 Å². The Morgan fingerprint density at radius 3 is 2.10 bits per heavy atom. The van der Waals surface area contributed by atoms with E-state index in [1.54, 1.807) is 0 Å². The first-order valence-electron chi connectivity index (χ1n) is 3.70. The molecule has 0 amide bonds. The second kappa shape index (κ2) is 2.24. The molecule has 1 aliphatic rings. The van der Waals surface area contributed by atoms with E-state index in [1.165, 1.54) is 0 Å². The van der Waals surface area contributed by atoms with Gasteiger partial charge in [0.25, 0.3) is 0 Å². The summed E-state index contributed by atoms with van der Waals surface area (Å²) in [5, 5.41) is 0.227. The van der Waals surface area contributed by atoms with Crippen molar-refractivity contribution in [2.75, 3.05) is 6.61 Å². The van der Waals surface area contributed by atoms with Crippen molar-refractivity contribution in [2.45, 2.75) is 33.0 Å². The monoisotopic (exact) mass is 142 g/mol. The summed E-state index contributed by atoms with van der Waals surface area (Å²) in [6, 6.07) is 0. The Balaban J connectivity index is 2.70. The zero-order valence-corrected chi connectivity index (χ0v) is 7.23. The maximum Gasteiger partial charge on any atom is 0.329 e. The molecule has 1 rings (SSSR count). The minimum absolute atomic E-state index is 0.227. The summed E-state index contributed by atoms with van der Waals surface area (Å²) in [6.45, 7) is 9.51. The van der Waals surface area contributed by atoms with Crippen LogP contribution in [-0.4, -0.2) is 14.1 Å². The number of hydrogen-bond donors (Lipinski definition) is 0. The Hall–Kier alpha value is -0.0151. The van der Waals surface area contributed by atoms with Gasteiger partial charge in [0.2, 0.25) is 0 Å². The standard InChI is InChI=1S/C7H15BO2/c1-6(2)5-9-10-8-7(6,3)4/h8H,5H2,1-4H3. The van der Waals surface area contributed by atoms with Crippen molar-refractivity contribution in [1.29, 1.82) is 0 Å². The van der Waals surface area contributed by atoms with Crippen LogP contribution in [0.4, 0.5) is 0 Å². The molecule has 0 bridgehead atoms. The average molecular weight is 142 g/mol. The van der Waals surface area contributed by atoms with E-state index in [1.807, 2.05) is 0 Å². The molecule has 58 valence electrons. The van der Waals surface area contributed by atoms with Crippen LogP contribution in [0.2, 0.25) is 5.31 Å². The van der Waals surface area contributed by atoms with Crippen LogP contribution in [0.1, 0.15) is 27.7 Å². The zero-order chi connectivity index (χ0) is 7.83. The molecule has 0 radical (unpaired) electrons. The van der Waals surface area contributed by atoms with E-state index in [9.17, 15) is 0 Å². The third-order valence-electron chi connectivity index (χ3n) is 2.75. The van der Waals surface area contributed by atoms with Crippen molar-refractivity contribution in [2.24, 2.45) is 5.41 Å². The molecule has 0 saturated carbocycles. The normalized spacial score (nSPS) is 29.2. The van der Waals surface area contributed by atoms with Crippen LogP contribution in [0.25, 0.3) is 0 Å². The van der Waals surface area contributed by atoms with Crippen LogP contribution in [0, 0.1) is 5.41 Å². The summed E-state index contributed by atoms with van der Waals surface area (Å²) in [6.07, 6.45) is 0. The molecule has 0 spiro atoms. The van der Waals surface area contributed by atoms with Gasteiger partial charge in [-0.3, -0.25) is 4.89 Å². The maximum atomic E-state index is 4.92. The number of rotatable bonds is 0. The van der Waals surface area contributed by atoms with Crippen LogP contribution < -0.4 is 0 Å². The quantitative estimate of drug-likeness (QED) is 0.377. The summed E-state index contributed by atoms with van der Waals surface area (Å²) >= 11 is 0. The van der Waals surface area contributed by atoms with Crippen molar-refractivity contribution < 1.29 is 9.69 Å². The van der Waals surface area contributed by atoms with E-state index < -0.39 is 0 Å². The first-order valence-corrected chi connectivity index (χ1v) is 3.70. The molecular formula is C7H15BO2. The molecule has 1 aliphatic heterocycles. The molecular weight excluding hydrogens is 127 g/mol. The smallest absolute Gasteiger partial charge is 0.309 e. The molecule has 3 heteroatoms. The maximum absolute atomic E-state index is 4.92. The molecule has 1 fully saturated rings. The second-order valence-corrected chi connectivity index (χ2v) is 4.29. The van der Waals surface area contributed by atoms with E-state index >= 15 is 0 Å². The highest BCUT2D eigenvalue weighted by molar-refractivity contribution is 6.32. The SMILES string of the molecule is CC1(C)BOOCC1(C)C. The van der Waals surface area contributed by atoms with Gasteiger partial charge in [0.05, 0.1) is 6.61 Å². The Labute approximate surface area is 63.1 Å². The van der Waals surface area contributed by atoms with Gasteiger partial charge in [-0.05, 0) is 10.7 Å². The van der Waals surface area contributed by atoms with E-state index in [2.05, 4.69) is 27.7 Å². The van der Waals surface area contributed by atoms with E-state index in [0.717, 1.165) is 0 Å². The lowest BCUT2D eigenvalue weighted by molar-refractivity contribution is -0.253. The van der Waals surface area contributed by atoms with E-state index in [-0.39, 0.29) is 10.7 Å². The minimum atomic E-state index is 0.227. The van der Waals surface area contributed by atoms with Crippen molar-refractivity contribution in [3.63, 3.8) is 0 Å². The molecule has 10 heavy (non-hydrogen) atoms. The van der Waals surface area contributed by atoms with Crippen molar-refractivity contribution in [3.05, 3.63) is 0 Å². The van der Waals surface area contributed by atoms with Crippen molar-refractivity contribution in [3.8, 4) is 0 Å². The molecule has 0 aromatic heterocycles. The minimum Gasteiger partial charge on any atom is -0.309 e. The Bertz CT molecular complexity index is 116. The largest absolute Gasteiger partial charge is 0.329 e. The van der Waals surface area contributed by atoms with Crippen LogP contribution in [0.5, 0.6) is 0 Å². The molecule has 1 heterocycles. The zero-order valence-electron chi connectivity index (χ0n) is 7.23. The summed E-state index contributed by atoms with van der Waals surface area (Å²) in [4.78, 5) is 9.84. The van der Waals surface area contributed by atoms with Gasteiger partial charge in [-0.15, -0.1) is 0 Å². The molecule has 0 N–H and O–H groups in total. The van der Waals surface area contributed by atoms with Crippen LogP contribution >= 0.6 is 0 Å². The highest BCUT2D eigenvalue weighted by Crippen LogP contribution is 2.46. The Morgan fingerprint density at radius 1 is 1.20 bits per heavy atom. The van der Waals surface area contributed by atoms with Crippen LogP contribution in [-0.2, 0) is 9.69 Å². The van der Waals surface area contributed by atoms with Gasteiger partial charge >= 0.3 is 7.48 Å². The van der Waals surface area contributed by atoms with E-state index in [0.29, 0.717) is 14.1 Å². The summed E-state index contributed by atoms with van der Waals surface area (Å²) < 4.78 is 0. The fourth-order valence-electron chi connectivity index (χ4n) is 0.769. The first-order chi connectivity index (χ1) is 4.46. The van der Waals surface area contributed by atoms with Gasteiger partial charge in [0, 0.05) is 0 Å². The lowest BCUT2D eigenvalue weighted by Crippen LogP contribution is -2.41. The van der Waals surface area contributed by atoms with Crippen molar-refractivity contribution in [1.82, 2.24) is 0 Å². The summed E-state index contributed by atoms with van der Waals surface area (Å²) in [5.74, 6) is 0. The van der Waals surface area contributed by atoms with E-state index in [4.69, 9.17) is 9.69 Å². The van der Waals surface area contributed by atoms with Crippen LogP contribution in [0.15, 0.2) is 0 Å². The molecule has 0 aromatic carbocycles. The van der Waals surface area contributed by atoms with Crippen molar-refractivity contribution >= 4 is 7.48 Å². The Morgan fingerprint density at radius 2 is 1.80 bits per heavy atom. The van der Waals surface area contributed by atoms with Gasteiger partial charge in [0.1, 0.15) is 0 Å². The molecule has 2 nitrogen and oxygen atoms in total. The van der Waals surface area contributed by atoms with Gasteiger partial charge < -0.3 is 4.81 Å². The first kappa shape index (κ1) is 8.09. The topological polar surface area (TPSA) is 18.5 Å². The average Bonchev–Trinajstić information content (AvgIpc) is 1.77. The third-order valence-corrected chi connectivity index (χ3v) is 2.75. The molecule has 0 aliphatic carbocycles. The molecule has 0 atom stereocenters. The predicted molar refractivity (Wildman–Crippen MR) is 42.0 cm³/mol. The molecule has 1 saturated heterocycles. The molecule has 0 unspecified atom stereocenters. The number of hydrogen-bond acceptors (Lipinski definition) is 2. The lowest BCUT2D eigenvalue weighted by Gasteiger charge is -2.43. The van der Waals surface area contributed by atoms with Crippen LogP contribution in [0.3, 0.4) is 0 Å². The second-order valence-electron chi connectivity index (χ2n) is 4.29. The fourth-order valence-corrected chi connectivity index (χ4v) is 0.769. The Kier molecular flexibility index (Phi) is 1.81. The highest BCUT2D eigenvalue weighted by Gasteiger charge is 2.42. The lowest BCUT2D eigenvalue weighted by atomic mass is 9.52. The van der Waals surface area contributed by atoms with Gasteiger partial charge in [0.15, 0.2) is 0 Å². The third kappa shape index (κ3) is 1.20. The van der Waals surface area contributed by atoms with Gasteiger partial charge in [-0.1, -0.05) is 27.7 Å². The van der Waals surface area contributed by atoms with Gasteiger partial charge in [-0.2, -0.15) is 0 Å². The fraction of sp³-hybridized carbons (Fsp3) is 1.00. The highest BCUT2D eigenvalue weighted by atomic mass is 17.2. The summed E-state index contributed by atoms with van der Waals surface area (Å²) in [7, 11) is 0.694.